The van der Waals surface area contributed by atoms with Crippen LogP contribution in [-0.2, 0) is 4.79 Å². The lowest BCUT2D eigenvalue weighted by molar-refractivity contribution is -0.140. The van der Waals surface area contributed by atoms with Gasteiger partial charge in [-0.15, -0.1) is 0 Å². The van der Waals surface area contributed by atoms with Gasteiger partial charge in [-0.05, 0) is 37.0 Å². The molecule has 3 aliphatic carbocycles. The molecule has 0 heterocycles. The van der Waals surface area contributed by atoms with Gasteiger partial charge in [0.25, 0.3) is 0 Å². The Morgan fingerprint density at radius 1 is 1.21 bits per heavy atom. The lowest BCUT2D eigenvalue weighted by Crippen LogP contribution is -2.48. The van der Waals surface area contributed by atoms with Gasteiger partial charge < -0.3 is 5.11 Å². The quantitative estimate of drug-likeness (QED) is 0.639. The first-order valence-electron chi connectivity index (χ1n) is 5.90. The third-order valence-corrected chi connectivity index (χ3v) is 4.62. The van der Waals surface area contributed by atoms with Crippen LogP contribution in [0.1, 0.15) is 44.9 Å². The molecule has 0 saturated heterocycles. The zero-order chi connectivity index (χ0) is 9.76. The highest BCUT2D eigenvalue weighted by Gasteiger charge is 2.50. The van der Waals surface area contributed by atoms with Crippen LogP contribution in [0.25, 0.3) is 0 Å². The van der Waals surface area contributed by atoms with Gasteiger partial charge in [0, 0.05) is 12.8 Å². The molecule has 0 aliphatic heterocycles. The molecule has 0 aromatic rings. The molecule has 2 bridgehead atoms. The summed E-state index contributed by atoms with van der Waals surface area (Å²) >= 11 is 0. The van der Waals surface area contributed by atoms with Crippen LogP contribution in [0.4, 0.5) is 0 Å². The Hall–Kier alpha value is -0.370. The van der Waals surface area contributed by atoms with Crippen LogP contribution in [0.15, 0.2) is 0 Å². The molecule has 4 atom stereocenters. The summed E-state index contributed by atoms with van der Waals surface area (Å²) in [5.74, 6) is 2.31. The minimum absolute atomic E-state index is 0.300. The van der Waals surface area contributed by atoms with Gasteiger partial charge in [0.1, 0.15) is 5.78 Å². The molecule has 0 spiro atoms. The maximum Gasteiger partial charge on any atom is 0.136 e. The fourth-order valence-corrected chi connectivity index (χ4v) is 4.25. The van der Waals surface area contributed by atoms with Gasteiger partial charge >= 0.3 is 0 Å². The van der Waals surface area contributed by atoms with Crippen molar-refractivity contribution in [3.8, 4) is 0 Å². The molecule has 2 heteroatoms. The summed E-state index contributed by atoms with van der Waals surface area (Å²) in [6.45, 7) is 0. The highest BCUT2D eigenvalue weighted by atomic mass is 16.3. The van der Waals surface area contributed by atoms with Crippen molar-refractivity contribution in [1.29, 1.82) is 0 Å². The summed E-state index contributed by atoms with van der Waals surface area (Å²) in [5.41, 5.74) is -0.606. The van der Waals surface area contributed by atoms with Gasteiger partial charge in [0.15, 0.2) is 0 Å². The summed E-state index contributed by atoms with van der Waals surface area (Å²) in [5, 5.41) is 10.3. The van der Waals surface area contributed by atoms with Crippen molar-refractivity contribution in [3.63, 3.8) is 0 Å². The second kappa shape index (κ2) is 2.82. The van der Waals surface area contributed by atoms with Crippen LogP contribution >= 0.6 is 0 Å². The van der Waals surface area contributed by atoms with E-state index in [2.05, 4.69) is 0 Å². The molecular weight excluding hydrogens is 176 g/mol. The first-order chi connectivity index (χ1) is 6.66. The van der Waals surface area contributed by atoms with Crippen LogP contribution in [0, 0.1) is 17.8 Å². The number of aliphatic hydroxyl groups is 1. The molecule has 0 aromatic carbocycles. The maximum absolute atomic E-state index is 11.5. The Bertz CT molecular complexity index is 273. The monoisotopic (exact) mass is 194 g/mol. The molecule has 3 fully saturated rings. The minimum Gasteiger partial charge on any atom is -0.389 e. The Balaban J connectivity index is 1.89. The first-order valence-corrected chi connectivity index (χ1v) is 5.90. The van der Waals surface area contributed by atoms with E-state index < -0.39 is 5.60 Å². The van der Waals surface area contributed by atoms with Gasteiger partial charge in [0.2, 0.25) is 0 Å². The van der Waals surface area contributed by atoms with E-state index in [1.807, 2.05) is 0 Å². The molecule has 3 aliphatic rings. The number of rotatable bonds is 0. The number of ketones is 1. The predicted octanol–water partition coefficient (Wildman–Crippen LogP) is 1.91. The van der Waals surface area contributed by atoms with Crippen molar-refractivity contribution in [2.24, 2.45) is 17.8 Å². The SMILES string of the molecule is O=C1CC2CC(O)(C1)CC1CCCC12. The lowest BCUT2D eigenvalue weighted by atomic mass is 9.61. The third kappa shape index (κ3) is 1.23. The molecule has 0 amide bonds. The molecule has 0 radical (unpaired) electrons. The largest absolute Gasteiger partial charge is 0.389 e. The number of hydrogen-bond acceptors (Lipinski definition) is 2. The average Bonchev–Trinajstić information content (AvgIpc) is 2.48. The van der Waals surface area contributed by atoms with Crippen molar-refractivity contribution < 1.29 is 9.90 Å². The van der Waals surface area contributed by atoms with E-state index in [0.29, 0.717) is 18.1 Å². The molecule has 2 nitrogen and oxygen atoms in total. The highest BCUT2D eigenvalue weighted by Crippen LogP contribution is 2.53. The van der Waals surface area contributed by atoms with E-state index in [-0.39, 0.29) is 0 Å². The Labute approximate surface area is 84.7 Å². The van der Waals surface area contributed by atoms with Gasteiger partial charge in [-0.2, -0.15) is 0 Å². The molecule has 78 valence electrons. The summed E-state index contributed by atoms with van der Waals surface area (Å²) in [7, 11) is 0. The fraction of sp³-hybridized carbons (Fsp3) is 0.917. The number of hydrogen-bond donors (Lipinski definition) is 1. The van der Waals surface area contributed by atoms with E-state index in [1.165, 1.54) is 19.3 Å². The van der Waals surface area contributed by atoms with Crippen molar-refractivity contribution in [1.82, 2.24) is 0 Å². The lowest BCUT2D eigenvalue weighted by Gasteiger charge is -2.47. The fourth-order valence-electron chi connectivity index (χ4n) is 4.25. The van der Waals surface area contributed by atoms with E-state index in [4.69, 9.17) is 0 Å². The number of fused-ring (bicyclic) bond motifs is 4. The Kier molecular flexibility index (Phi) is 1.79. The van der Waals surface area contributed by atoms with Gasteiger partial charge in [-0.1, -0.05) is 12.8 Å². The normalized spacial score (nSPS) is 51.8. The van der Waals surface area contributed by atoms with Gasteiger partial charge in [-0.3, -0.25) is 4.79 Å². The zero-order valence-corrected chi connectivity index (χ0v) is 8.54. The topological polar surface area (TPSA) is 37.3 Å². The summed E-state index contributed by atoms with van der Waals surface area (Å²) < 4.78 is 0. The van der Waals surface area contributed by atoms with E-state index >= 15 is 0 Å². The smallest absolute Gasteiger partial charge is 0.136 e. The zero-order valence-electron chi connectivity index (χ0n) is 8.54. The average molecular weight is 194 g/mol. The summed E-state index contributed by atoms with van der Waals surface area (Å²) in [6, 6.07) is 0. The van der Waals surface area contributed by atoms with Crippen molar-refractivity contribution in [2.45, 2.75) is 50.5 Å². The maximum atomic E-state index is 11.5. The highest BCUT2D eigenvalue weighted by molar-refractivity contribution is 5.80. The van der Waals surface area contributed by atoms with Crippen LogP contribution in [0.2, 0.25) is 0 Å². The Morgan fingerprint density at radius 2 is 2.00 bits per heavy atom. The van der Waals surface area contributed by atoms with E-state index in [9.17, 15) is 9.90 Å². The second-order valence-corrected chi connectivity index (χ2v) is 5.67. The van der Waals surface area contributed by atoms with Crippen LogP contribution in [0.3, 0.4) is 0 Å². The number of Topliss-reactive ketones (excluding diaryl/α,β-unsaturated/α-hetero) is 1. The first kappa shape index (κ1) is 8.90. The standard InChI is InChI=1S/C12H18O2/c13-10-4-9-6-12(14,7-10)5-8-2-1-3-11(8)9/h8-9,11,14H,1-7H2. The molecule has 1 N–H and O–H groups in total. The van der Waals surface area contributed by atoms with Crippen molar-refractivity contribution in [3.05, 3.63) is 0 Å². The molecular formula is C12H18O2. The number of carbonyl (C=O) groups excluding carboxylic acids is 1. The van der Waals surface area contributed by atoms with E-state index in [1.54, 1.807) is 0 Å². The molecule has 4 unspecified atom stereocenters. The summed E-state index contributed by atoms with van der Waals surface area (Å²) in [6.07, 6.45) is 6.91. The van der Waals surface area contributed by atoms with Crippen LogP contribution < -0.4 is 0 Å². The second-order valence-electron chi connectivity index (χ2n) is 5.67. The Morgan fingerprint density at radius 3 is 2.86 bits per heavy atom. The predicted molar refractivity (Wildman–Crippen MR) is 52.7 cm³/mol. The van der Waals surface area contributed by atoms with Crippen LogP contribution in [-0.4, -0.2) is 16.5 Å². The van der Waals surface area contributed by atoms with E-state index in [0.717, 1.165) is 31.1 Å². The van der Waals surface area contributed by atoms with Crippen molar-refractivity contribution in [2.75, 3.05) is 0 Å². The molecule has 14 heavy (non-hydrogen) atoms. The summed E-state index contributed by atoms with van der Waals surface area (Å²) in [4.78, 5) is 11.5. The van der Waals surface area contributed by atoms with Gasteiger partial charge in [0.05, 0.1) is 5.60 Å². The molecule has 0 aromatic heterocycles. The van der Waals surface area contributed by atoms with Crippen LogP contribution in [0.5, 0.6) is 0 Å². The number of carbonyl (C=O) groups is 1. The molecule has 3 rings (SSSR count). The van der Waals surface area contributed by atoms with Gasteiger partial charge in [-0.25, -0.2) is 0 Å². The van der Waals surface area contributed by atoms with Crippen molar-refractivity contribution >= 4 is 5.78 Å². The molecule has 3 saturated carbocycles. The minimum atomic E-state index is -0.606. The third-order valence-electron chi connectivity index (χ3n) is 4.62.